The zero-order valence-electron chi connectivity index (χ0n) is 17.1. The number of hydrogen-bond acceptors (Lipinski definition) is 6. The van der Waals surface area contributed by atoms with Crippen LogP contribution in [0.25, 0.3) is 0 Å². The van der Waals surface area contributed by atoms with E-state index in [4.69, 9.17) is 0 Å². The molecule has 0 N–H and O–H groups in total. The van der Waals surface area contributed by atoms with E-state index in [0.29, 0.717) is 0 Å². The summed E-state index contributed by atoms with van der Waals surface area (Å²) in [7, 11) is -8.34. The van der Waals surface area contributed by atoms with Crippen LogP contribution in [0.4, 0.5) is 0 Å². The highest BCUT2D eigenvalue weighted by molar-refractivity contribution is 8.14. The summed E-state index contributed by atoms with van der Waals surface area (Å²) in [6, 6.07) is 24.2. The van der Waals surface area contributed by atoms with E-state index in [1.807, 2.05) is 30.3 Å². The molecule has 0 unspecified atom stereocenters. The number of benzene rings is 3. The van der Waals surface area contributed by atoms with Crippen molar-refractivity contribution in [2.45, 2.75) is 32.1 Å². The van der Waals surface area contributed by atoms with Crippen LogP contribution in [-0.4, -0.2) is 26.5 Å². The molecule has 0 aliphatic carbocycles. The van der Waals surface area contributed by atoms with Crippen LogP contribution in [0.15, 0.2) is 118 Å². The van der Waals surface area contributed by atoms with E-state index in [1.54, 1.807) is 36.4 Å². The second kappa shape index (κ2) is 10.8. The van der Waals surface area contributed by atoms with Gasteiger partial charge in [-0.1, -0.05) is 60.7 Å². The molecular formula is C24H22O5S3. The van der Waals surface area contributed by atoms with Crippen LogP contribution in [0.2, 0.25) is 0 Å². The number of carbonyl (C=O) groups is 1. The van der Waals surface area contributed by atoms with Crippen molar-refractivity contribution in [3.8, 4) is 0 Å². The third-order valence-electron chi connectivity index (χ3n) is 4.62. The third kappa shape index (κ3) is 5.97. The molecule has 0 bridgehead atoms. The summed E-state index contributed by atoms with van der Waals surface area (Å²) in [5, 5.41) is -0.218. The van der Waals surface area contributed by atoms with Crippen LogP contribution >= 0.6 is 11.8 Å². The first kappa shape index (κ1) is 24.0. The van der Waals surface area contributed by atoms with Crippen LogP contribution in [0.3, 0.4) is 0 Å². The molecule has 0 amide bonds. The van der Waals surface area contributed by atoms with Gasteiger partial charge in [-0.25, -0.2) is 16.8 Å². The van der Waals surface area contributed by atoms with E-state index < -0.39 is 24.3 Å². The van der Waals surface area contributed by atoms with Crippen LogP contribution in [0.1, 0.15) is 12.8 Å². The quantitative estimate of drug-likeness (QED) is 0.315. The summed E-state index contributed by atoms with van der Waals surface area (Å²) < 4.78 is 51.3. The van der Waals surface area contributed by atoms with Gasteiger partial charge in [0.15, 0.2) is 24.3 Å². The maximum absolute atomic E-state index is 13.2. The molecule has 3 aromatic carbocycles. The first-order valence-corrected chi connectivity index (χ1v) is 13.7. The largest absolute Gasteiger partial charge is 0.282 e. The van der Waals surface area contributed by atoms with Gasteiger partial charge in [-0.3, -0.25) is 4.79 Å². The Bertz CT molecular complexity index is 1200. The van der Waals surface area contributed by atoms with Crippen molar-refractivity contribution in [2.75, 3.05) is 0 Å². The molecule has 0 radical (unpaired) electrons. The Hall–Kier alpha value is -2.68. The molecular weight excluding hydrogens is 464 g/mol. The number of carbonyl (C=O) groups excluding carboxylic acids is 1. The Morgan fingerprint density at radius 3 is 1.62 bits per heavy atom. The van der Waals surface area contributed by atoms with Gasteiger partial charge in [-0.15, -0.1) is 0 Å². The van der Waals surface area contributed by atoms with Crippen molar-refractivity contribution >= 4 is 36.6 Å². The molecule has 0 saturated heterocycles. The lowest BCUT2D eigenvalue weighted by Gasteiger charge is -2.18. The fourth-order valence-electron chi connectivity index (χ4n) is 3.05. The molecule has 0 spiro atoms. The van der Waals surface area contributed by atoms with Gasteiger partial charge in [-0.2, -0.15) is 0 Å². The number of sulfone groups is 2. The molecule has 3 aromatic rings. The third-order valence-corrected chi connectivity index (χ3v) is 10.7. The summed E-state index contributed by atoms with van der Waals surface area (Å²) in [4.78, 5) is 12.8. The van der Waals surface area contributed by atoms with Crippen LogP contribution in [0, 0.1) is 0 Å². The summed E-state index contributed by atoms with van der Waals surface area (Å²) in [5.41, 5.74) is 0. The predicted octanol–water partition coefficient (Wildman–Crippen LogP) is 4.92. The second-order valence-electron chi connectivity index (χ2n) is 6.86. The highest BCUT2D eigenvalue weighted by Crippen LogP contribution is 2.29. The Kier molecular flexibility index (Phi) is 8.06. The Morgan fingerprint density at radius 1 is 0.719 bits per heavy atom. The minimum atomic E-state index is -4.17. The maximum Gasteiger partial charge on any atom is 0.216 e. The molecule has 0 aromatic heterocycles. The summed E-state index contributed by atoms with van der Waals surface area (Å²) in [5.74, 6) is 0. The molecule has 3 rings (SSSR count). The molecule has 0 saturated carbocycles. The molecule has 0 heterocycles. The molecule has 8 heteroatoms. The van der Waals surface area contributed by atoms with E-state index in [9.17, 15) is 21.6 Å². The van der Waals surface area contributed by atoms with E-state index in [-0.39, 0.29) is 27.7 Å². The van der Waals surface area contributed by atoms with Gasteiger partial charge in [0.1, 0.15) is 0 Å². The first-order chi connectivity index (χ1) is 15.3. The summed E-state index contributed by atoms with van der Waals surface area (Å²) in [6.07, 6.45) is 2.81. The van der Waals surface area contributed by atoms with E-state index in [2.05, 4.69) is 0 Å². The maximum atomic E-state index is 13.2. The highest BCUT2D eigenvalue weighted by Gasteiger charge is 2.39. The fourth-order valence-corrected chi connectivity index (χ4v) is 8.32. The molecule has 0 aliphatic rings. The molecule has 0 aliphatic heterocycles. The predicted molar refractivity (Wildman–Crippen MR) is 127 cm³/mol. The van der Waals surface area contributed by atoms with E-state index >= 15 is 0 Å². The topological polar surface area (TPSA) is 85.3 Å². The van der Waals surface area contributed by atoms with Gasteiger partial charge < -0.3 is 0 Å². The number of thioether (sulfide) groups is 1. The number of hydrogen-bond donors (Lipinski definition) is 0. The van der Waals surface area contributed by atoms with E-state index in [1.165, 1.54) is 36.4 Å². The average Bonchev–Trinajstić information content (AvgIpc) is 2.80. The van der Waals surface area contributed by atoms with Gasteiger partial charge >= 0.3 is 0 Å². The van der Waals surface area contributed by atoms with Crippen molar-refractivity contribution < 1.29 is 21.6 Å². The molecule has 166 valence electrons. The zero-order chi connectivity index (χ0) is 23.0. The zero-order valence-corrected chi connectivity index (χ0v) is 19.5. The summed E-state index contributed by atoms with van der Waals surface area (Å²) >= 11 is 1.05. The van der Waals surface area contributed by atoms with Gasteiger partial charge in [0.25, 0.3) is 0 Å². The van der Waals surface area contributed by atoms with Gasteiger partial charge in [-0.05, 0) is 67.1 Å². The SMILES string of the molecule is O=C(/C=C/CCC(S(=O)(=O)c1ccccc1)S(=O)(=O)c1ccccc1)Sc1ccccc1. The Morgan fingerprint density at radius 2 is 1.16 bits per heavy atom. The molecule has 0 fully saturated rings. The van der Waals surface area contributed by atoms with E-state index in [0.717, 1.165) is 16.7 Å². The number of rotatable bonds is 9. The monoisotopic (exact) mass is 486 g/mol. The van der Waals surface area contributed by atoms with Crippen LogP contribution in [0.5, 0.6) is 0 Å². The Labute approximate surface area is 193 Å². The minimum absolute atomic E-state index is 0.0517. The lowest BCUT2D eigenvalue weighted by atomic mass is 10.3. The first-order valence-electron chi connectivity index (χ1n) is 9.83. The molecule has 0 atom stereocenters. The summed E-state index contributed by atoms with van der Waals surface area (Å²) in [6.45, 7) is 0. The second-order valence-corrected chi connectivity index (χ2v) is 12.5. The number of allylic oxidation sites excluding steroid dienone is 1. The van der Waals surface area contributed by atoms with Crippen LogP contribution < -0.4 is 0 Å². The smallest absolute Gasteiger partial charge is 0.216 e. The fraction of sp³-hybridized carbons (Fsp3) is 0.125. The van der Waals surface area contributed by atoms with Gasteiger partial charge in [0.2, 0.25) is 5.12 Å². The van der Waals surface area contributed by atoms with Crippen molar-refractivity contribution in [3.63, 3.8) is 0 Å². The molecule has 5 nitrogen and oxygen atoms in total. The van der Waals surface area contributed by atoms with Crippen molar-refractivity contribution in [1.29, 1.82) is 0 Å². The molecule has 32 heavy (non-hydrogen) atoms. The average molecular weight is 487 g/mol. The minimum Gasteiger partial charge on any atom is -0.282 e. The standard InChI is InChI=1S/C24H22O5S3/c25-23(30-20-12-4-1-5-13-20)18-10-11-19-24(31(26,27)21-14-6-2-7-15-21)32(28,29)22-16-8-3-9-17-22/h1-10,12-18,24H,11,19H2/b18-10+. The lowest BCUT2D eigenvalue weighted by Crippen LogP contribution is -2.30. The van der Waals surface area contributed by atoms with Gasteiger partial charge in [0.05, 0.1) is 9.79 Å². The van der Waals surface area contributed by atoms with Gasteiger partial charge in [0, 0.05) is 4.90 Å². The lowest BCUT2D eigenvalue weighted by molar-refractivity contribution is -0.107. The van der Waals surface area contributed by atoms with Crippen molar-refractivity contribution in [3.05, 3.63) is 103 Å². The normalized spacial score (nSPS) is 12.3. The van der Waals surface area contributed by atoms with Crippen molar-refractivity contribution in [2.24, 2.45) is 0 Å². The van der Waals surface area contributed by atoms with Crippen molar-refractivity contribution in [1.82, 2.24) is 0 Å². The van der Waals surface area contributed by atoms with Crippen LogP contribution in [-0.2, 0) is 24.5 Å². The Balaban J connectivity index is 1.81. The highest BCUT2D eigenvalue weighted by atomic mass is 32.3.